The Morgan fingerprint density at radius 3 is 2.35 bits per heavy atom. The third kappa shape index (κ3) is 3.28. The highest BCUT2D eigenvalue weighted by Crippen LogP contribution is 2.25. The zero-order chi connectivity index (χ0) is 14.5. The molecule has 0 unspecified atom stereocenters. The number of fused-ring (bicyclic) bond motifs is 1. The van der Waals surface area contributed by atoms with Crippen molar-refractivity contribution < 1.29 is 0 Å². The molecule has 2 aromatic carbocycles. The molecule has 0 aliphatic heterocycles. The van der Waals surface area contributed by atoms with Gasteiger partial charge in [-0.25, -0.2) is 0 Å². The normalized spacial score (nSPS) is 9.70. The molecule has 0 atom stereocenters. The number of benzene rings is 2. The summed E-state index contributed by atoms with van der Waals surface area (Å²) in [4.78, 5) is 0. The number of hydrogen-bond donors (Lipinski definition) is 0. The summed E-state index contributed by atoms with van der Waals surface area (Å²) in [6, 6.07) is 18.1. The summed E-state index contributed by atoms with van der Waals surface area (Å²) in [5.74, 6) is 0. The number of rotatable bonds is 0. The summed E-state index contributed by atoms with van der Waals surface area (Å²) >= 11 is 3.44. The number of halogens is 1. The summed E-state index contributed by atoms with van der Waals surface area (Å²) in [7, 11) is 1.97. The first-order chi connectivity index (χ1) is 9.61. The minimum Gasteiger partial charge on any atom is -0.350 e. The van der Waals surface area contributed by atoms with Crippen molar-refractivity contribution in [2.24, 2.45) is 7.05 Å². The second-order valence-corrected chi connectivity index (χ2v) is 5.44. The van der Waals surface area contributed by atoms with Crippen LogP contribution in [0, 0.1) is 18.3 Å². The van der Waals surface area contributed by atoms with Gasteiger partial charge in [-0.2, -0.15) is 5.26 Å². The van der Waals surface area contributed by atoms with Crippen LogP contribution in [0.3, 0.4) is 0 Å². The van der Waals surface area contributed by atoms with Gasteiger partial charge in [-0.3, -0.25) is 0 Å². The fraction of sp³-hybridized carbons (Fsp3) is 0.118. The molecule has 3 heteroatoms. The molecule has 3 rings (SSSR count). The van der Waals surface area contributed by atoms with Crippen LogP contribution in [0.2, 0.25) is 0 Å². The molecule has 0 N–H and O–H groups in total. The van der Waals surface area contributed by atoms with Crippen molar-refractivity contribution in [2.75, 3.05) is 0 Å². The van der Waals surface area contributed by atoms with Gasteiger partial charge < -0.3 is 4.57 Å². The van der Waals surface area contributed by atoms with E-state index in [0.29, 0.717) is 5.56 Å². The summed E-state index contributed by atoms with van der Waals surface area (Å²) in [6.45, 7) is 2.08. The van der Waals surface area contributed by atoms with E-state index in [9.17, 15) is 0 Å². The largest absolute Gasteiger partial charge is 0.350 e. The van der Waals surface area contributed by atoms with Crippen LogP contribution >= 0.6 is 15.9 Å². The minimum atomic E-state index is 0.682. The minimum absolute atomic E-state index is 0.682. The number of aryl methyl sites for hydroxylation is 2. The molecule has 0 bridgehead atoms. The van der Waals surface area contributed by atoms with Gasteiger partial charge in [-0.15, -0.1) is 0 Å². The average Bonchev–Trinajstić information content (AvgIpc) is 2.82. The Hall–Kier alpha value is -2.05. The molecule has 3 aromatic rings. The summed E-state index contributed by atoms with van der Waals surface area (Å²) in [5, 5.41) is 9.91. The molecular formula is C17H15BrN2. The quantitative estimate of drug-likeness (QED) is 0.582. The topological polar surface area (TPSA) is 28.7 Å². The van der Waals surface area contributed by atoms with Crippen LogP contribution in [0.15, 0.2) is 59.2 Å². The van der Waals surface area contributed by atoms with Crippen LogP contribution in [0.1, 0.15) is 11.1 Å². The Labute approximate surface area is 127 Å². The molecule has 0 saturated heterocycles. The van der Waals surface area contributed by atoms with Crippen LogP contribution in [-0.2, 0) is 7.05 Å². The van der Waals surface area contributed by atoms with Crippen molar-refractivity contribution in [2.45, 2.75) is 6.92 Å². The van der Waals surface area contributed by atoms with E-state index in [2.05, 4.69) is 41.1 Å². The fourth-order valence-electron chi connectivity index (χ4n) is 1.93. The molecule has 0 spiro atoms. The Bertz CT molecular complexity index is 752. The molecular weight excluding hydrogens is 312 g/mol. The van der Waals surface area contributed by atoms with Gasteiger partial charge >= 0.3 is 0 Å². The lowest BCUT2D eigenvalue weighted by atomic mass is 10.2. The maximum absolute atomic E-state index is 8.77. The third-order valence-corrected chi connectivity index (χ3v) is 3.68. The molecule has 100 valence electrons. The van der Waals surface area contributed by atoms with Gasteiger partial charge in [0, 0.05) is 23.1 Å². The molecule has 1 aromatic heterocycles. The van der Waals surface area contributed by atoms with Crippen molar-refractivity contribution in [3.05, 3.63) is 70.3 Å². The highest BCUT2D eigenvalue weighted by Gasteiger charge is 2.03. The zero-order valence-electron chi connectivity index (χ0n) is 11.5. The van der Waals surface area contributed by atoms with Crippen LogP contribution in [-0.4, -0.2) is 4.57 Å². The monoisotopic (exact) mass is 326 g/mol. The Balaban J connectivity index is 0.000000178. The van der Waals surface area contributed by atoms with Gasteiger partial charge in [0.1, 0.15) is 0 Å². The van der Waals surface area contributed by atoms with E-state index in [1.807, 2.05) is 54.2 Å². The van der Waals surface area contributed by atoms with Crippen LogP contribution in [0.25, 0.3) is 10.9 Å². The standard InChI is InChI=1S/C10H7BrN2.C7H8/c1-13-3-2-8-9(11)4-7(6-12)5-10(8)13;1-7-5-3-2-4-6-7/h2-5H,1H3;2-6H,1H3. The van der Waals surface area contributed by atoms with Crippen LogP contribution < -0.4 is 0 Å². The molecule has 0 amide bonds. The second-order valence-electron chi connectivity index (χ2n) is 4.58. The molecule has 0 saturated carbocycles. The Morgan fingerprint density at radius 1 is 1.10 bits per heavy atom. The van der Waals surface area contributed by atoms with Gasteiger partial charge in [0.05, 0.1) is 17.1 Å². The first kappa shape index (κ1) is 14.4. The lowest BCUT2D eigenvalue weighted by molar-refractivity contribution is 0.969. The highest BCUT2D eigenvalue weighted by atomic mass is 79.9. The Morgan fingerprint density at radius 2 is 1.80 bits per heavy atom. The molecule has 0 fully saturated rings. The van der Waals surface area contributed by atoms with E-state index in [0.717, 1.165) is 15.4 Å². The predicted molar refractivity (Wildman–Crippen MR) is 86.5 cm³/mol. The van der Waals surface area contributed by atoms with Gasteiger partial charge in [-0.1, -0.05) is 51.8 Å². The first-order valence-electron chi connectivity index (χ1n) is 6.28. The van der Waals surface area contributed by atoms with E-state index >= 15 is 0 Å². The Kier molecular flexibility index (Phi) is 4.60. The maximum atomic E-state index is 8.77. The van der Waals surface area contributed by atoms with E-state index in [1.54, 1.807) is 0 Å². The van der Waals surface area contributed by atoms with Gasteiger partial charge in [0.15, 0.2) is 0 Å². The molecule has 0 aliphatic rings. The summed E-state index contributed by atoms with van der Waals surface area (Å²) in [6.07, 6.45) is 1.98. The summed E-state index contributed by atoms with van der Waals surface area (Å²) in [5.41, 5.74) is 3.08. The van der Waals surface area contributed by atoms with E-state index in [1.165, 1.54) is 5.56 Å². The van der Waals surface area contributed by atoms with Crippen LogP contribution in [0.5, 0.6) is 0 Å². The number of aromatic nitrogens is 1. The molecule has 0 radical (unpaired) electrons. The maximum Gasteiger partial charge on any atom is 0.0992 e. The van der Waals surface area contributed by atoms with Crippen molar-refractivity contribution in [3.63, 3.8) is 0 Å². The van der Waals surface area contributed by atoms with Gasteiger partial charge in [-0.05, 0) is 25.1 Å². The van der Waals surface area contributed by atoms with Crippen molar-refractivity contribution in [1.82, 2.24) is 4.57 Å². The van der Waals surface area contributed by atoms with E-state index in [4.69, 9.17) is 5.26 Å². The van der Waals surface area contributed by atoms with Crippen molar-refractivity contribution >= 4 is 26.8 Å². The average molecular weight is 327 g/mol. The van der Waals surface area contributed by atoms with E-state index < -0.39 is 0 Å². The van der Waals surface area contributed by atoms with Crippen molar-refractivity contribution in [3.8, 4) is 6.07 Å². The summed E-state index contributed by atoms with van der Waals surface area (Å²) < 4.78 is 2.98. The zero-order valence-corrected chi connectivity index (χ0v) is 13.1. The number of nitriles is 1. The SMILES string of the molecule is Cc1ccccc1.Cn1ccc2c(Br)cc(C#N)cc21. The van der Waals surface area contributed by atoms with Crippen LogP contribution in [0.4, 0.5) is 0 Å². The fourth-order valence-corrected chi connectivity index (χ4v) is 2.51. The van der Waals surface area contributed by atoms with Gasteiger partial charge in [0.25, 0.3) is 0 Å². The number of nitrogens with zero attached hydrogens (tertiary/aromatic N) is 2. The third-order valence-electron chi connectivity index (χ3n) is 3.02. The lowest BCUT2D eigenvalue weighted by Crippen LogP contribution is -1.85. The predicted octanol–water partition coefficient (Wildman–Crippen LogP) is 4.81. The molecule has 2 nitrogen and oxygen atoms in total. The molecule has 1 heterocycles. The van der Waals surface area contributed by atoms with Gasteiger partial charge in [0.2, 0.25) is 0 Å². The van der Waals surface area contributed by atoms with E-state index in [-0.39, 0.29) is 0 Å². The van der Waals surface area contributed by atoms with Crippen molar-refractivity contribution in [1.29, 1.82) is 5.26 Å². The molecule has 20 heavy (non-hydrogen) atoms. The lowest BCUT2D eigenvalue weighted by Gasteiger charge is -1.98. The highest BCUT2D eigenvalue weighted by molar-refractivity contribution is 9.10. The first-order valence-corrected chi connectivity index (χ1v) is 7.07. The second kappa shape index (κ2) is 6.40. The molecule has 0 aliphatic carbocycles. The number of hydrogen-bond acceptors (Lipinski definition) is 1. The smallest absolute Gasteiger partial charge is 0.0992 e.